The summed E-state index contributed by atoms with van der Waals surface area (Å²) < 4.78 is 35.0. The van der Waals surface area contributed by atoms with Gasteiger partial charge in [0.15, 0.2) is 0 Å². The number of carbonyl (C=O) groups is 2. The third kappa shape index (κ3) is 5.00. The summed E-state index contributed by atoms with van der Waals surface area (Å²) >= 11 is 0. The Bertz CT molecular complexity index is 721. The van der Waals surface area contributed by atoms with E-state index in [0.29, 0.717) is 18.8 Å². The van der Waals surface area contributed by atoms with E-state index in [1.165, 1.54) is 28.6 Å². The first-order valence-corrected chi connectivity index (χ1v) is 8.86. The zero-order chi connectivity index (χ0) is 19.0. The van der Waals surface area contributed by atoms with Gasteiger partial charge in [-0.25, -0.2) is 18.0 Å². The number of nitrogens with zero attached hydrogens (tertiary/aromatic N) is 2. The van der Waals surface area contributed by atoms with Gasteiger partial charge in [-0.05, 0) is 24.3 Å². The summed E-state index contributed by atoms with van der Waals surface area (Å²) in [4.78, 5) is 23.1. The predicted molar refractivity (Wildman–Crippen MR) is 91.6 cm³/mol. The SMILES string of the molecule is CCN(CC)S(=O)(=O)c1ccc(NN=C(C(=O)OC)C(=O)OC)cc1. The molecular weight excluding hydrogens is 350 g/mol. The van der Waals surface area contributed by atoms with Crippen molar-refractivity contribution in [1.82, 2.24) is 4.31 Å². The summed E-state index contributed by atoms with van der Waals surface area (Å²) in [5, 5.41) is 3.65. The van der Waals surface area contributed by atoms with Crippen molar-refractivity contribution >= 4 is 33.4 Å². The Balaban J connectivity index is 3.02. The van der Waals surface area contributed by atoms with Crippen LogP contribution < -0.4 is 5.43 Å². The van der Waals surface area contributed by atoms with E-state index in [1.54, 1.807) is 13.8 Å². The van der Waals surface area contributed by atoms with E-state index in [9.17, 15) is 18.0 Å². The van der Waals surface area contributed by atoms with Crippen LogP contribution in [0.3, 0.4) is 0 Å². The molecule has 0 saturated heterocycles. The molecule has 1 aromatic rings. The van der Waals surface area contributed by atoms with Crippen LogP contribution in [-0.2, 0) is 29.1 Å². The van der Waals surface area contributed by atoms with E-state index in [-0.39, 0.29) is 4.90 Å². The Morgan fingerprint density at radius 3 is 1.92 bits per heavy atom. The molecule has 0 aromatic heterocycles. The Morgan fingerprint density at radius 1 is 1.04 bits per heavy atom. The molecule has 0 fully saturated rings. The zero-order valence-corrected chi connectivity index (χ0v) is 15.3. The number of sulfonamides is 1. The molecule has 0 radical (unpaired) electrons. The van der Waals surface area contributed by atoms with Crippen molar-refractivity contribution in [3.8, 4) is 0 Å². The zero-order valence-electron chi connectivity index (χ0n) is 14.5. The van der Waals surface area contributed by atoms with Crippen LogP contribution in [0, 0.1) is 0 Å². The van der Waals surface area contributed by atoms with Crippen molar-refractivity contribution in [2.75, 3.05) is 32.7 Å². The maximum Gasteiger partial charge on any atom is 0.366 e. The quantitative estimate of drug-likeness (QED) is 0.311. The minimum absolute atomic E-state index is 0.131. The molecule has 1 N–H and O–H groups in total. The lowest BCUT2D eigenvalue weighted by atomic mass is 10.3. The minimum atomic E-state index is -3.56. The smallest absolute Gasteiger partial charge is 0.366 e. The molecule has 1 aromatic carbocycles. The van der Waals surface area contributed by atoms with Gasteiger partial charge in [0, 0.05) is 13.1 Å². The third-order valence-corrected chi connectivity index (χ3v) is 5.32. The molecule has 0 unspecified atom stereocenters. The van der Waals surface area contributed by atoms with Crippen molar-refractivity contribution in [2.24, 2.45) is 5.10 Å². The second-order valence-corrected chi connectivity index (χ2v) is 6.61. The second-order valence-electron chi connectivity index (χ2n) is 4.67. The van der Waals surface area contributed by atoms with Gasteiger partial charge in [-0.3, -0.25) is 5.43 Å². The Labute approximate surface area is 146 Å². The van der Waals surface area contributed by atoms with Gasteiger partial charge in [-0.1, -0.05) is 13.8 Å². The minimum Gasteiger partial charge on any atom is -0.464 e. The van der Waals surface area contributed by atoms with Crippen LogP contribution in [0.2, 0.25) is 0 Å². The molecule has 0 saturated carbocycles. The van der Waals surface area contributed by atoms with Crippen LogP contribution in [0.25, 0.3) is 0 Å². The van der Waals surface area contributed by atoms with E-state index in [2.05, 4.69) is 20.0 Å². The number of anilines is 1. The molecule has 138 valence electrons. The predicted octanol–water partition coefficient (Wildman–Crippen LogP) is 0.831. The molecule has 0 amide bonds. The summed E-state index contributed by atoms with van der Waals surface area (Å²) in [5.41, 5.74) is 2.30. The number of ether oxygens (including phenoxy) is 2. The summed E-state index contributed by atoms with van der Waals surface area (Å²) in [6.07, 6.45) is 0. The fourth-order valence-electron chi connectivity index (χ4n) is 1.90. The first kappa shape index (κ1) is 20.6. The lowest BCUT2D eigenvalue weighted by Crippen LogP contribution is -2.30. The lowest BCUT2D eigenvalue weighted by molar-refractivity contribution is -0.138. The molecule has 0 atom stereocenters. The summed E-state index contributed by atoms with van der Waals surface area (Å²) in [7, 11) is -1.35. The number of nitrogens with one attached hydrogen (secondary N) is 1. The van der Waals surface area contributed by atoms with Gasteiger partial charge in [0.1, 0.15) is 0 Å². The van der Waals surface area contributed by atoms with Gasteiger partial charge >= 0.3 is 11.9 Å². The highest BCUT2D eigenvalue weighted by atomic mass is 32.2. The summed E-state index contributed by atoms with van der Waals surface area (Å²) in [6.45, 7) is 4.25. The Kier molecular flexibility index (Phi) is 7.52. The maximum atomic E-state index is 12.4. The number of carbonyl (C=O) groups excluding carboxylic acids is 2. The second kappa shape index (κ2) is 9.14. The molecule has 0 heterocycles. The van der Waals surface area contributed by atoms with Crippen molar-refractivity contribution < 1.29 is 27.5 Å². The van der Waals surface area contributed by atoms with Crippen LogP contribution in [0.15, 0.2) is 34.3 Å². The molecule has 0 bridgehead atoms. The number of rotatable bonds is 8. The van der Waals surface area contributed by atoms with Gasteiger partial charge in [-0.2, -0.15) is 9.41 Å². The number of hydrogen-bond acceptors (Lipinski definition) is 8. The normalized spacial score (nSPS) is 10.9. The molecule has 10 heteroatoms. The van der Waals surface area contributed by atoms with E-state index in [4.69, 9.17) is 0 Å². The average Bonchev–Trinajstić information content (AvgIpc) is 2.62. The molecule has 25 heavy (non-hydrogen) atoms. The van der Waals surface area contributed by atoms with Gasteiger partial charge in [-0.15, -0.1) is 0 Å². The fraction of sp³-hybridized carbons (Fsp3) is 0.400. The monoisotopic (exact) mass is 371 g/mol. The molecule has 0 aliphatic rings. The summed E-state index contributed by atoms with van der Waals surface area (Å²) in [6, 6.07) is 5.74. The molecule has 0 aliphatic heterocycles. The highest BCUT2D eigenvalue weighted by Gasteiger charge is 2.23. The number of methoxy groups -OCH3 is 2. The van der Waals surface area contributed by atoms with Crippen molar-refractivity contribution in [3.63, 3.8) is 0 Å². The first-order valence-electron chi connectivity index (χ1n) is 7.42. The van der Waals surface area contributed by atoms with Crippen molar-refractivity contribution in [2.45, 2.75) is 18.7 Å². The first-order chi connectivity index (χ1) is 11.8. The summed E-state index contributed by atoms with van der Waals surface area (Å²) in [5.74, 6) is -1.92. The van der Waals surface area contributed by atoms with Crippen LogP contribution in [0.4, 0.5) is 5.69 Å². The molecular formula is C15H21N3O6S. The van der Waals surface area contributed by atoms with E-state index >= 15 is 0 Å². The topological polar surface area (TPSA) is 114 Å². The Morgan fingerprint density at radius 2 is 1.52 bits per heavy atom. The number of hydrazone groups is 1. The number of esters is 2. The van der Waals surface area contributed by atoms with Crippen molar-refractivity contribution in [3.05, 3.63) is 24.3 Å². The van der Waals surface area contributed by atoms with E-state index < -0.39 is 27.7 Å². The largest absolute Gasteiger partial charge is 0.464 e. The standard InChI is InChI=1S/C15H21N3O6S/c1-5-18(6-2)25(21,22)12-9-7-11(8-10-12)16-17-13(14(19)23-3)15(20)24-4/h7-10,16H,5-6H2,1-4H3. The van der Waals surface area contributed by atoms with E-state index in [1.807, 2.05) is 0 Å². The fourth-order valence-corrected chi connectivity index (χ4v) is 3.36. The van der Waals surface area contributed by atoms with Crippen LogP contribution in [0.1, 0.15) is 13.8 Å². The molecule has 0 spiro atoms. The third-order valence-electron chi connectivity index (χ3n) is 3.25. The number of hydrogen-bond donors (Lipinski definition) is 1. The molecule has 9 nitrogen and oxygen atoms in total. The Hall–Kier alpha value is -2.46. The van der Waals surface area contributed by atoms with Crippen LogP contribution in [0.5, 0.6) is 0 Å². The van der Waals surface area contributed by atoms with Crippen LogP contribution >= 0.6 is 0 Å². The molecule has 0 aliphatic carbocycles. The number of benzene rings is 1. The van der Waals surface area contributed by atoms with Gasteiger partial charge in [0.05, 0.1) is 24.8 Å². The molecule has 1 rings (SSSR count). The van der Waals surface area contributed by atoms with Gasteiger partial charge in [0.25, 0.3) is 5.71 Å². The van der Waals surface area contributed by atoms with Crippen molar-refractivity contribution in [1.29, 1.82) is 0 Å². The van der Waals surface area contributed by atoms with Gasteiger partial charge in [0.2, 0.25) is 10.0 Å². The highest BCUT2D eigenvalue weighted by molar-refractivity contribution is 7.89. The maximum absolute atomic E-state index is 12.4. The van der Waals surface area contributed by atoms with Crippen LogP contribution in [-0.4, -0.2) is 57.7 Å². The lowest BCUT2D eigenvalue weighted by Gasteiger charge is -2.18. The van der Waals surface area contributed by atoms with E-state index in [0.717, 1.165) is 14.2 Å². The van der Waals surface area contributed by atoms with Gasteiger partial charge < -0.3 is 9.47 Å². The highest BCUT2D eigenvalue weighted by Crippen LogP contribution is 2.18. The average molecular weight is 371 g/mol.